The van der Waals surface area contributed by atoms with Crippen LogP contribution in [-0.4, -0.2) is 50.9 Å². The Morgan fingerprint density at radius 1 is 1.20 bits per heavy atom. The highest BCUT2D eigenvalue weighted by atomic mass is 16.2. The van der Waals surface area contributed by atoms with Gasteiger partial charge in [0, 0.05) is 37.9 Å². The second-order valence-corrected chi connectivity index (χ2v) is 8.29. The molecule has 3 aromatic rings. The Morgan fingerprint density at radius 2 is 2.00 bits per heavy atom. The van der Waals surface area contributed by atoms with Crippen LogP contribution in [0.3, 0.4) is 0 Å². The van der Waals surface area contributed by atoms with E-state index in [1.54, 1.807) is 16.8 Å². The molecule has 0 aromatic carbocycles. The third-order valence-corrected chi connectivity index (χ3v) is 6.26. The molecular weight excluding hydrogens is 378 g/mol. The van der Waals surface area contributed by atoms with Gasteiger partial charge in [-0.1, -0.05) is 19.3 Å². The zero-order valence-electron chi connectivity index (χ0n) is 17.7. The van der Waals surface area contributed by atoms with Gasteiger partial charge < -0.3 is 14.6 Å². The molecule has 0 atom stereocenters. The van der Waals surface area contributed by atoms with E-state index >= 15 is 0 Å². The van der Waals surface area contributed by atoms with Crippen LogP contribution in [-0.2, 0) is 11.3 Å². The van der Waals surface area contributed by atoms with E-state index in [1.807, 2.05) is 28.8 Å². The number of aryl methyl sites for hydroxylation is 1. The number of nitrogens with zero attached hydrogens (tertiary/aromatic N) is 4. The maximum Gasteiger partial charge on any atom is 0.276 e. The number of amides is 1. The van der Waals surface area contributed by atoms with Crippen LogP contribution >= 0.6 is 0 Å². The van der Waals surface area contributed by atoms with Crippen molar-refractivity contribution in [3.05, 3.63) is 47.0 Å². The van der Waals surface area contributed by atoms with Gasteiger partial charge in [0.15, 0.2) is 5.65 Å². The quantitative estimate of drug-likeness (QED) is 0.581. The third-order valence-electron chi connectivity index (χ3n) is 6.26. The Bertz CT molecular complexity index is 1060. The fourth-order valence-electron chi connectivity index (χ4n) is 4.55. The van der Waals surface area contributed by atoms with Crippen molar-refractivity contribution in [2.75, 3.05) is 20.1 Å². The van der Waals surface area contributed by atoms with E-state index in [0.717, 1.165) is 18.5 Å². The van der Waals surface area contributed by atoms with Crippen LogP contribution < -0.4 is 10.9 Å². The van der Waals surface area contributed by atoms with E-state index in [-0.39, 0.29) is 17.9 Å². The Balaban J connectivity index is 1.31. The lowest BCUT2D eigenvalue weighted by atomic mass is 9.94. The summed E-state index contributed by atoms with van der Waals surface area (Å²) < 4.78 is 3.46. The number of pyridine rings is 1. The van der Waals surface area contributed by atoms with E-state index in [0.29, 0.717) is 30.3 Å². The highest BCUT2D eigenvalue weighted by Crippen LogP contribution is 2.21. The maximum absolute atomic E-state index is 12.9. The van der Waals surface area contributed by atoms with Gasteiger partial charge in [-0.25, -0.2) is 4.98 Å². The van der Waals surface area contributed by atoms with Gasteiger partial charge in [-0.05, 0) is 57.1 Å². The highest BCUT2D eigenvalue weighted by molar-refractivity contribution is 5.77. The van der Waals surface area contributed by atoms with E-state index in [4.69, 9.17) is 0 Å². The van der Waals surface area contributed by atoms with Gasteiger partial charge in [0.05, 0.1) is 5.52 Å². The summed E-state index contributed by atoms with van der Waals surface area (Å²) in [6, 6.07) is 8.15. The Morgan fingerprint density at radius 3 is 2.83 bits per heavy atom. The molecule has 0 saturated heterocycles. The van der Waals surface area contributed by atoms with Gasteiger partial charge in [0.1, 0.15) is 5.52 Å². The van der Waals surface area contributed by atoms with Gasteiger partial charge >= 0.3 is 0 Å². The van der Waals surface area contributed by atoms with Crippen molar-refractivity contribution in [3.63, 3.8) is 0 Å². The van der Waals surface area contributed by atoms with Crippen molar-refractivity contribution in [2.45, 2.75) is 57.5 Å². The van der Waals surface area contributed by atoms with Crippen molar-refractivity contribution >= 4 is 22.6 Å². The predicted octanol–water partition coefficient (Wildman–Crippen LogP) is 2.81. The first-order valence-electron chi connectivity index (χ1n) is 11.1. The molecular formula is C23H31N5O2. The summed E-state index contributed by atoms with van der Waals surface area (Å²) in [4.78, 5) is 32.1. The first-order valence-corrected chi connectivity index (χ1v) is 11.1. The van der Waals surface area contributed by atoms with Gasteiger partial charge in [-0.2, -0.15) is 0 Å². The average molecular weight is 410 g/mol. The fourth-order valence-corrected chi connectivity index (χ4v) is 4.55. The molecule has 0 spiro atoms. The Hall–Kier alpha value is -2.67. The monoisotopic (exact) mass is 409 g/mol. The maximum atomic E-state index is 12.9. The van der Waals surface area contributed by atoms with Gasteiger partial charge in [-0.15, -0.1) is 0 Å². The number of nitrogens with one attached hydrogen (secondary N) is 1. The normalized spacial score (nSPS) is 15.3. The molecule has 0 unspecified atom stereocenters. The van der Waals surface area contributed by atoms with Gasteiger partial charge in [-0.3, -0.25) is 14.2 Å². The average Bonchev–Trinajstić information content (AvgIpc) is 3.28. The lowest BCUT2D eigenvalue weighted by Crippen LogP contribution is -2.36. The molecule has 0 aliphatic heterocycles. The molecule has 1 saturated carbocycles. The second kappa shape index (κ2) is 9.43. The Labute approximate surface area is 176 Å². The molecule has 0 bridgehead atoms. The summed E-state index contributed by atoms with van der Waals surface area (Å²) in [6.07, 6.45) is 11.4. The van der Waals surface area contributed by atoms with Crippen molar-refractivity contribution in [1.29, 1.82) is 0 Å². The van der Waals surface area contributed by atoms with Crippen LogP contribution in [0.25, 0.3) is 16.7 Å². The Kier molecular flexibility index (Phi) is 6.47. The fraction of sp³-hybridized carbons (Fsp3) is 0.522. The minimum atomic E-state index is -0.117. The molecule has 30 heavy (non-hydrogen) atoms. The first kappa shape index (κ1) is 20.6. The van der Waals surface area contributed by atoms with Gasteiger partial charge in [0.25, 0.3) is 5.56 Å². The summed E-state index contributed by atoms with van der Waals surface area (Å²) >= 11 is 0. The second-order valence-electron chi connectivity index (χ2n) is 8.29. The van der Waals surface area contributed by atoms with Crippen molar-refractivity contribution in [3.8, 4) is 0 Å². The molecule has 3 heterocycles. The first-order chi connectivity index (χ1) is 14.6. The van der Waals surface area contributed by atoms with E-state index in [2.05, 4.69) is 22.2 Å². The highest BCUT2D eigenvalue weighted by Gasteiger charge is 2.17. The molecule has 3 aromatic heterocycles. The van der Waals surface area contributed by atoms with Crippen LogP contribution in [0.1, 0.15) is 44.9 Å². The summed E-state index contributed by atoms with van der Waals surface area (Å²) in [5.74, 6) is -0.0263. The molecule has 1 fully saturated rings. The number of carbonyl (C=O) groups excluding carboxylic acids is 1. The van der Waals surface area contributed by atoms with E-state index in [9.17, 15) is 9.59 Å². The summed E-state index contributed by atoms with van der Waals surface area (Å²) in [6.45, 7) is 1.99. The molecule has 160 valence electrons. The number of carbonyl (C=O) groups is 1. The minimum absolute atomic E-state index is 0.0263. The van der Waals surface area contributed by atoms with Crippen LogP contribution in [0.5, 0.6) is 0 Å². The topological polar surface area (TPSA) is 71.6 Å². The molecule has 1 amide bonds. The van der Waals surface area contributed by atoms with Crippen LogP contribution in [0.4, 0.5) is 0 Å². The van der Waals surface area contributed by atoms with Crippen molar-refractivity contribution in [1.82, 2.24) is 24.2 Å². The molecule has 1 aliphatic carbocycles. The summed E-state index contributed by atoms with van der Waals surface area (Å²) in [5.41, 5.74) is 1.95. The smallest absolute Gasteiger partial charge is 0.276 e. The predicted molar refractivity (Wildman–Crippen MR) is 119 cm³/mol. The van der Waals surface area contributed by atoms with Crippen molar-refractivity contribution in [2.24, 2.45) is 0 Å². The summed E-state index contributed by atoms with van der Waals surface area (Å²) in [7, 11) is 2.19. The van der Waals surface area contributed by atoms with Crippen molar-refractivity contribution < 1.29 is 4.79 Å². The molecule has 1 aliphatic rings. The number of hydrogen-bond donors (Lipinski definition) is 1. The summed E-state index contributed by atoms with van der Waals surface area (Å²) in [5, 5.41) is 3.00. The number of rotatable bonds is 8. The van der Waals surface area contributed by atoms with E-state index < -0.39 is 0 Å². The molecule has 1 N–H and O–H groups in total. The molecule has 0 radical (unpaired) electrons. The number of aromatic nitrogens is 3. The minimum Gasteiger partial charge on any atom is -0.356 e. The SMILES string of the molecule is CN(CCCNC(=O)CCn1c(=O)c2cccn2c2cccnc21)C1CCCCC1. The lowest BCUT2D eigenvalue weighted by Gasteiger charge is -2.31. The zero-order chi connectivity index (χ0) is 20.9. The third kappa shape index (κ3) is 4.41. The molecule has 7 nitrogen and oxygen atoms in total. The largest absolute Gasteiger partial charge is 0.356 e. The van der Waals surface area contributed by atoms with Crippen LogP contribution in [0.15, 0.2) is 41.5 Å². The lowest BCUT2D eigenvalue weighted by molar-refractivity contribution is -0.121. The molecule has 7 heteroatoms. The van der Waals surface area contributed by atoms with E-state index in [1.165, 1.54) is 32.1 Å². The van der Waals surface area contributed by atoms with Crippen LogP contribution in [0, 0.1) is 0 Å². The van der Waals surface area contributed by atoms with Gasteiger partial charge in [0.2, 0.25) is 5.91 Å². The standard InChI is InChI=1S/C23H31N5O2/c1-26(18-8-3-2-4-9-18)15-7-14-24-21(29)12-17-28-22-19(10-5-13-25-22)27-16-6-11-20(27)23(28)30/h5-6,10-11,13,16,18H,2-4,7-9,12,14-15,17H2,1H3,(H,24,29). The zero-order valence-corrected chi connectivity index (χ0v) is 17.7. The molecule has 4 rings (SSSR count). The van der Waals surface area contributed by atoms with Crippen LogP contribution in [0.2, 0.25) is 0 Å². The number of fused-ring (bicyclic) bond motifs is 3. The number of hydrogen-bond acceptors (Lipinski definition) is 4.